The number of ether oxygens (including phenoxy) is 2. The van der Waals surface area contributed by atoms with E-state index in [4.69, 9.17) is 15.2 Å². The predicted octanol–water partition coefficient (Wildman–Crippen LogP) is -2.08. The molecular weight excluding hydrogens is 504 g/mol. The van der Waals surface area contributed by atoms with Gasteiger partial charge in [0.2, 0.25) is 0 Å². The summed E-state index contributed by atoms with van der Waals surface area (Å²) in [5, 5.41) is 32.8. The topological polar surface area (TPSA) is 240 Å². The van der Waals surface area contributed by atoms with E-state index in [1.165, 1.54) is 11.1 Å². The van der Waals surface area contributed by atoms with Crippen molar-refractivity contribution < 1.29 is 61.9 Å². The molecule has 0 aromatic rings. The molecule has 2 fully saturated rings. The summed E-state index contributed by atoms with van der Waals surface area (Å²) in [6.45, 7) is 4.30. The molecule has 3 heterocycles. The number of aliphatic hydroxyl groups excluding tert-OH is 3. The quantitative estimate of drug-likeness (QED) is 0.166. The zero-order valence-electron chi connectivity index (χ0n) is 17.8. The molecule has 10 atom stereocenters. The maximum Gasteiger partial charge on any atom is 0.483 e. The first-order valence-corrected chi connectivity index (χ1v) is 12.9. The lowest BCUT2D eigenvalue weighted by atomic mass is 10.0. The van der Waals surface area contributed by atoms with Gasteiger partial charge in [-0.3, -0.25) is 13.8 Å². The number of nitrogens with two attached hydrogens (primary N) is 1. The largest absolute Gasteiger partial charge is 0.483 e. The summed E-state index contributed by atoms with van der Waals surface area (Å²) >= 11 is 0. The first kappa shape index (κ1) is 27.4. The minimum Gasteiger partial charge on any atom is -0.387 e. The Balaban J connectivity index is 1.57. The molecule has 0 saturated carbocycles. The van der Waals surface area contributed by atoms with E-state index < -0.39 is 77.2 Å². The molecule has 18 heteroatoms. The fourth-order valence-electron chi connectivity index (χ4n) is 3.47. The van der Waals surface area contributed by atoms with E-state index in [0.717, 1.165) is 6.08 Å². The smallest absolute Gasteiger partial charge is 0.387 e. The fourth-order valence-corrected chi connectivity index (χ4v) is 5.63. The van der Waals surface area contributed by atoms with Crippen LogP contribution in [-0.4, -0.2) is 91.6 Å². The highest BCUT2D eigenvalue weighted by Crippen LogP contribution is 2.61. The number of phosphoric acid groups is 2. The van der Waals surface area contributed by atoms with Gasteiger partial charge in [0.1, 0.15) is 30.2 Å². The Morgan fingerprint density at radius 2 is 1.88 bits per heavy atom. The van der Waals surface area contributed by atoms with Gasteiger partial charge in [-0.15, -0.1) is 0 Å². The molecule has 16 nitrogen and oxygen atoms in total. The van der Waals surface area contributed by atoms with Crippen LogP contribution in [0.4, 0.5) is 0 Å². The van der Waals surface area contributed by atoms with Crippen molar-refractivity contribution in [2.75, 3.05) is 6.61 Å². The maximum atomic E-state index is 12.2. The molecule has 0 aromatic carbocycles. The van der Waals surface area contributed by atoms with Gasteiger partial charge in [-0.25, -0.2) is 9.13 Å². The third kappa shape index (κ3) is 6.50. The molecule has 2 saturated heterocycles. The zero-order valence-corrected chi connectivity index (χ0v) is 19.6. The van der Waals surface area contributed by atoms with Crippen LogP contribution >= 0.6 is 15.6 Å². The number of nitrogens with zero attached hydrogens (tertiary/aromatic N) is 1. The van der Waals surface area contributed by atoms with Gasteiger partial charge in [0, 0.05) is 18.3 Å². The van der Waals surface area contributed by atoms with Crippen molar-refractivity contribution in [3.63, 3.8) is 0 Å². The minimum absolute atomic E-state index is 0.0426. The minimum atomic E-state index is -5.31. The molecular formula is C16H27N3O13P2. The normalized spacial score (nSPS) is 40.0. The first-order valence-electron chi connectivity index (χ1n) is 9.96. The first-order chi connectivity index (χ1) is 15.7. The Bertz CT molecular complexity index is 919. The number of hydrogen-bond acceptors (Lipinski definition) is 13. The lowest BCUT2D eigenvalue weighted by Crippen LogP contribution is -2.52. The number of nitrogens with one attached hydrogen (secondary N) is 1. The van der Waals surface area contributed by atoms with Crippen LogP contribution in [0.1, 0.15) is 13.3 Å². The lowest BCUT2D eigenvalue weighted by Gasteiger charge is -2.36. The van der Waals surface area contributed by atoms with E-state index in [2.05, 4.69) is 25.3 Å². The number of phosphoric ester groups is 2. The van der Waals surface area contributed by atoms with Gasteiger partial charge in [0.25, 0.3) is 5.91 Å². The second-order valence-corrected chi connectivity index (χ2v) is 10.8. The molecule has 1 amide bonds. The van der Waals surface area contributed by atoms with Gasteiger partial charge < -0.3 is 50.5 Å². The van der Waals surface area contributed by atoms with Gasteiger partial charge in [0.05, 0.1) is 12.7 Å². The van der Waals surface area contributed by atoms with Crippen LogP contribution in [-0.2, 0) is 36.8 Å². The summed E-state index contributed by atoms with van der Waals surface area (Å²) in [5.74, 6) is -0.424. The summed E-state index contributed by atoms with van der Waals surface area (Å²) in [4.78, 5) is 32.2. The molecule has 8 N–H and O–H groups in total. The van der Waals surface area contributed by atoms with Crippen molar-refractivity contribution in [1.29, 1.82) is 0 Å². The molecule has 0 spiro atoms. The Hall–Kier alpha value is -1.23. The van der Waals surface area contributed by atoms with Crippen molar-refractivity contribution in [3.8, 4) is 0 Å². The average Bonchev–Trinajstić information content (AvgIpc) is 2.97. The Labute approximate surface area is 193 Å². The van der Waals surface area contributed by atoms with Crippen LogP contribution in [0.3, 0.4) is 0 Å². The number of carbonyl (C=O) groups excluding carboxylic acids is 1. The van der Waals surface area contributed by atoms with Crippen molar-refractivity contribution in [2.45, 2.75) is 62.4 Å². The van der Waals surface area contributed by atoms with E-state index >= 15 is 0 Å². The standard InChI is InChI=1S/C16H27N3O13P2/c1-7-5-9(17)12(21)16(29-7)31-34(26,27)32-33(24,25)28-6-10-13(22)14(23)15(30-10)19-4-3-11(20)18-8(19)2/h3-4,7,9-10,12-16,21-23H,2,5-6,17H2,1H3,(H,18,20)(H,24,25)(H,26,27)/t7?,9-,10+,12?,13?,14-,15+,16-/m0/s1. The van der Waals surface area contributed by atoms with Crippen LogP contribution < -0.4 is 11.1 Å². The monoisotopic (exact) mass is 531 g/mol. The highest BCUT2D eigenvalue weighted by molar-refractivity contribution is 7.61. The maximum absolute atomic E-state index is 12.2. The summed E-state index contributed by atoms with van der Waals surface area (Å²) in [5.41, 5.74) is 5.68. The van der Waals surface area contributed by atoms with Crippen molar-refractivity contribution in [1.82, 2.24) is 10.2 Å². The molecule has 194 valence electrons. The summed E-state index contributed by atoms with van der Waals surface area (Å²) in [6, 6.07) is -0.842. The number of rotatable bonds is 8. The molecule has 34 heavy (non-hydrogen) atoms. The Kier molecular flexibility index (Phi) is 8.37. The number of hydrogen-bond donors (Lipinski definition) is 7. The Morgan fingerprint density at radius 1 is 1.21 bits per heavy atom. The molecule has 0 aliphatic carbocycles. The fraction of sp³-hybridized carbons (Fsp3) is 0.688. The van der Waals surface area contributed by atoms with E-state index in [1.54, 1.807) is 6.92 Å². The van der Waals surface area contributed by atoms with Crippen LogP contribution in [0.2, 0.25) is 0 Å². The highest BCUT2D eigenvalue weighted by Gasteiger charge is 2.48. The van der Waals surface area contributed by atoms with Crippen LogP contribution in [0.25, 0.3) is 0 Å². The number of amides is 1. The second kappa shape index (κ2) is 10.4. The van der Waals surface area contributed by atoms with E-state index in [9.17, 15) is 39.0 Å². The van der Waals surface area contributed by atoms with Crippen LogP contribution in [0.5, 0.6) is 0 Å². The van der Waals surface area contributed by atoms with Gasteiger partial charge in [-0.1, -0.05) is 6.58 Å². The highest BCUT2D eigenvalue weighted by atomic mass is 31.3. The van der Waals surface area contributed by atoms with Crippen LogP contribution in [0, 0.1) is 0 Å². The lowest BCUT2D eigenvalue weighted by molar-refractivity contribution is -0.208. The Morgan fingerprint density at radius 3 is 2.53 bits per heavy atom. The van der Waals surface area contributed by atoms with Crippen molar-refractivity contribution >= 4 is 21.6 Å². The molecule has 0 aromatic heterocycles. The summed E-state index contributed by atoms with van der Waals surface area (Å²) in [6.07, 6.45) is -6.95. The number of carbonyl (C=O) groups is 1. The van der Waals surface area contributed by atoms with Gasteiger partial charge in [-0.2, -0.15) is 4.31 Å². The van der Waals surface area contributed by atoms with Gasteiger partial charge in [0.15, 0.2) is 12.5 Å². The van der Waals surface area contributed by atoms with E-state index in [0.29, 0.717) is 0 Å². The van der Waals surface area contributed by atoms with Gasteiger partial charge >= 0.3 is 15.6 Å². The molecule has 0 bridgehead atoms. The zero-order chi connectivity index (χ0) is 25.4. The second-order valence-electron chi connectivity index (χ2n) is 7.83. The summed E-state index contributed by atoms with van der Waals surface area (Å²) < 4.78 is 48.4. The third-order valence-electron chi connectivity index (χ3n) is 5.11. The van der Waals surface area contributed by atoms with Crippen molar-refractivity contribution in [3.05, 3.63) is 24.7 Å². The molecule has 0 radical (unpaired) electrons. The molecule has 5 unspecified atom stereocenters. The predicted molar refractivity (Wildman–Crippen MR) is 110 cm³/mol. The molecule has 3 rings (SSSR count). The summed E-state index contributed by atoms with van der Waals surface area (Å²) in [7, 11) is -10.6. The average molecular weight is 531 g/mol. The van der Waals surface area contributed by atoms with Gasteiger partial charge in [-0.05, 0) is 13.3 Å². The van der Waals surface area contributed by atoms with E-state index in [-0.39, 0.29) is 12.2 Å². The molecule has 3 aliphatic heterocycles. The third-order valence-corrected chi connectivity index (χ3v) is 7.71. The SMILES string of the molecule is C=C1NC(=O)C=CN1[C@@H]1O[C@H](COP(=O)(O)OP(=O)(O)O[C@@H]2OC(C)C[C@H](N)C2O)C(O)[C@@H]1O. The number of aliphatic hydroxyl groups is 3. The van der Waals surface area contributed by atoms with Crippen LogP contribution in [0.15, 0.2) is 24.7 Å². The molecule has 3 aliphatic rings. The van der Waals surface area contributed by atoms with Crippen molar-refractivity contribution in [2.24, 2.45) is 5.73 Å². The van der Waals surface area contributed by atoms with E-state index in [1.807, 2.05) is 0 Å².